The van der Waals surface area contributed by atoms with Crippen molar-refractivity contribution in [3.05, 3.63) is 47.7 Å². The normalized spacial score (nSPS) is 10.4. The fraction of sp³-hybridized carbons (Fsp3) is 0.182. The van der Waals surface area contributed by atoms with Gasteiger partial charge in [-0.25, -0.2) is 4.98 Å². The first-order valence-electron chi connectivity index (χ1n) is 4.49. The molecular formula is C11H12N2O. The van der Waals surface area contributed by atoms with E-state index in [-0.39, 0.29) is 0 Å². The Morgan fingerprint density at radius 1 is 1.29 bits per heavy atom. The highest BCUT2D eigenvalue weighted by molar-refractivity contribution is 5.39. The molecule has 2 N–H and O–H groups in total. The summed E-state index contributed by atoms with van der Waals surface area (Å²) >= 11 is 0. The zero-order chi connectivity index (χ0) is 9.97. The quantitative estimate of drug-likeness (QED) is 0.735. The molecule has 2 rings (SSSR count). The molecule has 0 atom stereocenters. The number of benzene rings is 1. The maximum absolute atomic E-state index is 5.59. The van der Waals surface area contributed by atoms with Crippen LogP contribution in [0.2, 0.25) is 0 Å². The van der Waals surface area contributed by atoms with Crippen molar-refractivity contribution in [1.29, 1.82) is 0 Å². The van der Waals surface area contributed by atoms with Gasteiger partial charge in [-0.1, -0.05) is 12.1 Å². The third-order valence-electron chi connectivity index (χ3n) is 2.00. The molecule has 0 radical (unpaired) electrons. The molecule has 0 saturated heterocycles. The second-order valence-electron chi connectivity index (χ2n) is 3.30. The summed E-state index contributed by atoms with van der Waals surface area (Å²) in [6.45, 7) is 1.91. The van der Waals surface area contributed by atoms with E-state index in [1.165, 1.54) is 0 Å². The van der Waals surface area contributed by atoms with Gasteiger partial charge in [0.2, 0.25) is 0 Å². The molecule has 0 amide bonds. The van der Waals surface area contributed by atoms with Crippen molar-refractivity contribution in [1.82, 2.24) is 4.98 Å². The number of nitrogens with zero attached hydrogens (tertiary/aromatic N) is 1. The van der Waals surface area contributed by atoms with Crippen molar-refractivity contribution in [3.63, 3.8) is 0 Å². The fourth-order valence-electron chi connectivity index (χ4n) is 1.29. The van der Waals surface area contributed by atoms with Gasteiger partial charge in [-0.2, -0.15) is 0 Å². The minimum atomic E-state index is 0.716. The van der Waals surface area contributed by atoms with E-state index >= 15 is 0 Å². The van der Waals surface area contributed by atoms with Crippen LogP contribution in [0, 0.1) is 6.92 Å². The van der Waals surface area contributed by atoms with E-state index in [4.69, 9.17) is 10.2 Å². The van der Waals surface area contributed by atoms with Crippen LogP contribution < -0.4 is 5.73 Å². The van der Waals surface area contributed by atoms with Crippen LogP contribution in [0.15, 0.2) is 34.9 Å². The van der Waals surface area contributed by atoms with E-state index in [1.807, 2.05) is 31.2 Å². The van der Waals surface area contributed by atoms with E-state index in [0.717, 1.165) is 22.8 Å². The van der Waals surface area contributed by atoms with E-state index in [9.17, 15) is 0 Å². The predicted octanol–water partition coefficient (Wildman–Crippen LogP) is 2.16. The highest BCUT2D eigenvalue weighted by atomic mass is 16.3. The Balaban J connectivity index is 2.15. The van der Waals surface area contributed by atoms with Gasteiger partial charge in [-0.3, -0.25) is 0 Å². The number of rotatable bonds is 2. The lowest BCUT2D eigenvalue weighted by Gasteiger charge is -1.97. The van der Waals surface area contributed by atoms with E-state index in [2.05, 4.69) is 4.98 Å². The first-order valence-corrected chi connectivity index (χ1v) is 4.49. The van der Waals surface area contributed by atoms with Gasteiger partial charge < -0.3 is 10.2 Å². The number of nitrogen functional groups attached to an aromatic ring is 1. The van der Waals surface area contributed by atoms with E-state index in [1.54, 1.807) is 6.26 Å². The molecule has 3 nitrogen and oxygen atoms in total. The van der Waals surface area contributed by atoms with Gasteiger partial charge in [0.15, 0.2) is 5.89 Å². The first-order chi connectivity index (χ1) is 6.74. The van der Waals surface area contributed by atoms with Crippen LogP contribution in [0.4, 0.5) is 5.69 Å². The molecule has 0 aliphatic heterocycles. The largest absolute Gasteiger partial charge is 0.448 e. The summed E-state index contributed by atoms with van der Waals surface area (Å²) in [6.07, 6.45) is 2.38. The molecule has 2 aromatic rings. The van der Waals surface area contributed by atoms with Gasteiger partial charge in [0.1, 0.15) is 6.26 Å². The van der Waals surface area contributed by atoms with Crippen LogP contribution >= 0.6 is 0 Å². The number of anilines is 1. The molecule has 0 bridgehead atoms. The zero-order valence-corrected chi connectivity index (χ0v) is 8.03. The molecule has 0 aliphatic carbocycles. The van der Waals surface area contributed by atoms with Gasteiger partial charge in [0.25, 0.3) is 0 Å². The van der Waals surface area contributed by atoms with Crippen LogP contribution in [0.25, 0.3) is 0 Å². The van der Waals surface area contributed by atoms with Gasteiger partial charge in [-0.15, -0.1) is 0 Å². The summed E-state index contributed by atoms with van der Waals surface area (Å²) < 4.78 is 5.26. The summed E-state index contributed by atoms with van der Waals surface area (Å²) in [5.41, 5.74) is 8.43. The molecule has 3 heteroatoms. The Labute approximate surface area is 82.6 Å². The first kappa shape index (κ1) is 8.81. The summed E-state index contributed by atoms with van der Waals surface area (Å²) in [6, 6.07) is 7.72. The second kappa shape index (κ2) is 3.54. The monoisotopic (exact) mass is 188 g/mol. The summed E-state index contributed by atoms with van der Waals surface area (Å²) in [7, 11) is 0. The molecule has 72 valence electrons. The van der Waals surface area contributed by atoms with Crippen molar-refractivity contribution in [2.75, 3.05) is 5.73 Å². The number of hydrogen-bond donors (Lipinski definition) is 1. The smallest absolute Gasteiger partial charge is 0.198 e. The Kier molecular flexibility index (Phi) is 2.23. The molecular weight excluding hydrogens is 176 g/mol. The van der Waals surface area contributed by atoms with E-state index in [0.29, 0.717) is 6.42 Å². The Morgan fingerprint density at radius 3 is 2.57 bits per heavy atom. The van der Waals surface area contributed by atoms with Crippen LogP contribution in [0.3, 0.4) is 0 Å². The average Bonchev–Trinajstić information content (AvgIpc) is 2.56. The number of hydrogen-bond acceptors (Lipinski definition) is 3. The van der Waals surface area contributed by atoms with Crippen LogP contribution in [-0.4, -0.2) is 4.98 Å². The summed E-state index contributed by atoms with van der Waals surface area (Å²) in [5.74, 6) is 0.743. The predicted molar refractivity (Wildman–Crippen MR) is 54.9 cm³/mol. The average molecular weight is 188 g/mol. The van der Waals surface area contributed by atoms with Gasteiger partial charge in [0, 0.05) is 12.1 Å². The third-order valence-corrected chi connectivity index (χ3v) is 2.00. The lowest BCUT2D eigenvalue weighted by Crippen LogP contribution is -1.90. The zero-order valence-electron chi connectivity index (χ0n) is 8.03. The topological polar surface area (TPSA) is 52.0 Å². The molecule has 14 heavy (non-hydrogen) atoms. The maximum atomic E-state index is 5.59. The van der Waals surface area contributed by atoms with Crippen molar-refractivity contribution in [2.45, 2.75) is 13.3 Å². The Bertz CT molecular complexity index is 417. The summed E-state index contributed by atoms with van der Waals surface area (Å²) in [4.78, 5) is 4.23. The van der Waals surface area contributed by atoms with Crippen molar-refractivity contribution >= 4 is 5.69 Å². The van der Waals surface area contributed by atoms with E-state index < -0.39 is 0 Å². The fourth-order valence-corrected chi connectivity index (χ4v) is 1.29. The lowest BCUT2D eigenvalue weighted by atomic mass is 10.1. The van der Waals surface area contributed by atoms with Gasteiger partial charge >= 0.3 is 0 Å². The third kappa shape index (κ3) is 1.93. The number of aromatic nitrogens is 1. The van der Waals surface area contributed by atoms with Gasteiger partial charge in [-0.05, 0) is 24.6 Å². The highest BCUT2D eigenvalue weighted by Gasteiger charge is 2.01. The molecule has 1 heterocycles. The second-order valence-corrected chi connectivity index (χ2v) is 3.30. The number of aryl methyl sites for hydroxylation is 1. The SMILES string of the molecule is Cc1coc(Cc2ccc(N)cc2)n1. The molecule has 0 aliphatic rings. The highest BCUT2D eigenvalue weighted by Crippen LogP contribution is 2.11. The van der Waals surface area contributed by atoms with Crippen LogP contribution in [0.5, 0.6) is 0 Å². The molecule has 0 fully saturated rings. The van der Waals surface area contributed by atoms with Crippen LogP contribution in [0.1, 0.15) is 17.1 Å². The standard InChI is InChI=1S/C11H12N2O/c1-8-7-14-11(13-8)6-9-2-4-10(12)5-3-9/h2-5,7H,6,12H2,1H3. The molecule has 0 saturated carbocycles. The number of nitrogens with two attached hydrogens (primary N) is 1. The minimum Gasteiger partial charge on any atom is -0.448 e. The Hall–Kier alpha value is -1.77. The molecule has 0 spiro atoms. The molecule has 0 unspecified atom stereocenters. The van der Waals surface area contributed by atoms with Crippen molar-refractivity contribution in [3.8, 4) is 0 Å². The minimum absolute atomic E-state index is 0.716. The van der Waals surface area contributed by atoms with Crippen molar-refractivity contribution < 1.29 is 4.42 Å². The molecule has 1 aromatic carbocycles. The lowest BCUT2D eigenvalue weighted by molar-refractivity contribution is 0.506. The van der Waals surface area contributed by atoms with Crippen molar-refractivity contribution in [2.24, 2.45) is 0 Å². The number of oxazole rings is 1. The van der Waals surface area contributed by atoms with Crippen LogP contribution in [-0.2, 0) is 6.42 Å². The maximum Gasteiger partial charge on any atom is 0.198 e. The Morgan fingerprint density at radius 2 is 2.00 bits per heavy atom. The molecule has 1 aromatic heterocycles. The van der Waals surface area contributed by atoms with Gasteiger partial charge in [0.05, 0.1) is 5.69 Å². The summed E-state index contributed by atoms with van der Waals surface area (Å²) in [5, 5.41) is 0.